The lowest BCUT2D eigenvalue weighted by Gasteiger charge is -2.09. The van der Waals surface area contributed by atoms with E-state index in [-0.39, 0.29) is 24.0 Å². The summed E-state index contributed by atoms with van der Waals surface area (Å²) >= 11 is 0. The third-order valence-corrected chi connectivity index (χ3v) is 5.14. The van der Waals surface area contributed by atoms with Crippen LogP contribution in [-0.2, 0) is 30.9 Å². The Kier molecular flexibility index (Phi) is 7.77. The molecule has 140 valence electrons. The molecule has 2 N–H and O–H groups in total. The van der Waals surface area contributed by atoms with Gasteiger partial charge >= 0.3 is 0 Å². The topological polar surface area (TPSA) is 84.5 Å². The highest BCUT2D eigenvalue weighted by Crippen LogP contribution is 2.16. The number of benzene rings is 2. The molecular weight excluding hydrogens is 352 g/mol. The predicted molar refractivity (Wildman–Crippen MR) is 103 cm³/mol. The van der Waals surface area contributed by atoms with E-state index in [9.17, 15) is 13.2 Å². The molecule has 0 aliphatic heterocycles. The van der Waals surface area contributed by atoms with E-state index in [1.54, 1.807) is 43.5 Å². The van der Waals surface area contributed by atoms with Gasteiger partial charge in [-0.15, -0.1) is 0 Å². The van der Waals surface area contributed by atoms with Crippen molar-refractivity contribution in [2.75, 3.05) is 32.1 Å². The highest BCUT2D eigenvalue weighted by molar-refractivity contribution is 7.89. The van der Waals surface area contributed by atoms with Gasteiger partial charge in [-0.2, -0.15) is 0 Å². The number of methoxy groups -OCH3 is 1. The highest BCUT2D eigenvalue weighted by atomic mass is 32.2. The number of hydrogen-bond acceptors (Lipinski definition) is 5. The maximum atomic E-state index is 12.4. The van der Waals surface area contributed by atoms with Crippen LogP contribution < -0.4 is 10.6 Å². The number of anilines is 1. The smallest absolute Gasteiger partial charge is 0.238 e. The molecule has 0 saturated heterocycles. The summed E-state index contributed by atoms with van der Waals surface area (Å²) in [6, 6.07) is 16.0. The van der Waals surface area contributed by atoms with Crippen LogP contribution in [0.1, 0.15) is 11.1 Å². The first kappa shape index (κ1) is 20.1. The number of sulfone groups is 1. The summed E-state index contributed by atoms with van der Waals surface area (Å²) in [6.45, 7) is 1.28. The number of amides is 1. The van der Waals surface area contributed by atoms with Gasteiger partial charge in [0.05, 0.1) is 24.7 Å². The molecule has 0 spiro atoms. The lowest BCUT2D eigenvalue weighted by Crippen LogP contribution is -2.30. The molecule has 0 fully saturated rings. The average Bonchev–Trinajstić information content (AvgIpc) is 2.59. The number of nitrogens with one attached hydrogen (secondary N) is 2. The van der Waals surface area contributed by atoms with Crippen molar-refractivity contribution in [2.24, 2.45) is 0 Å². The quantitative estimate of drug-likeness (QED) is 0.620. The van der Waals surface area contributed by atoms with Crippen LogP contribution in [0, 0.1) is 0 Å². The number of ether oxygens (including phenoxy) is 1. The Hall–Kier alpha value is -2.22. The highest BCUT2D eigenvalue weighted by Gasteiger charge is 2.13. The minimum Gasteiger partial charge on any atom is -0.383 e. The summed E-state index contributed by atoms with van der Waals surface area (Å²) in [5.74, 6) is -0.267. The van der Waals surface area contributed by atoms with Gasteiger partial charge in [-0.3, -0.25) is 4.79 Å². The predicted octanol–water partition coefficient (Wildman–Crippen LogP) is 1.98. The van der Waals surface area contributed by atoms with E-state index >= 15 is 0 Å². The van der Waals surface area contributed by atoms with Gasteiger partial charge < -0.3 is 15.4 Å². The fraction of sp³-hybridized carbons (Fsp3) is 0.316. The van der Waals surface area contributed by atoms with Crippen molar-refractivity contribution in [3.05, 3.63) is 65.7 Å². The summed E-state index contributed by atoms with van der Waals surface area (Å²) in [4.78, 5) is 11.9. The standard InChI is InChI=1S/C19H24N2O4S/c1-25-11-10-20-13-19(22)21-18-9-5-8-17(12-18)15-26(23,24)14-16-6-3-2-4-7-16/h2-9,12,20H,10-11,13-15H2,1H3,(H,21,22). The van der Waals surface area contributed by atoms with Gasteiger partial charge in [0.25, 0.3) is 0 Å². The van der Waals surface area contributed by atoms with Crippen molar-refractivity contribution in [3.8, 4) is 0 Å². The van der Waals surface area contributed by atoms with Crippen LogP contribution in [0.15, 0.2) is 54.6 Å². The van der Waals surface area contributed by atoms with Gasteiger partial charge in [-0.1, -0.05) is 42.5 Å². The summed E-state index contributed by atoms with van der Waals surface area (Å²) in [5, 5.41) is 5.71. The number of carbonyl (C=O) groups is 1. The van der Waals surface area contributed by atoms with E-state index in [2.05, 4.69) is 10.6 Å². The van der Waals surface area contributed by atoms with E-state index in [1.807, 2.05) is 18.2 Å². The van der Waals surface area contributed by atoms with Crippen molar-refractivity contribution in [1.29, 1.82) is 0 Å². The number of carbonyl (C=O) groups excluding carboxylic acids is 1. The van der Waals surface area contributed by atoms with Crippen LogP contribution in [0.3, 0.4) is 0 Å². The average molecular weight is 376 g/mol. The van der Waals surface area contributed by atoms with Crippen molar-refractivity contribution in [3.63, 3.8) is 0 Å². The fourth-order valence-electron chi connectivity index (χ4n) is 2.45. The zero-order valence-electron chi connectivity index (χ0n) is 14.8. The normalized spacial score (nSPS) is 11.3. The molecule has 0 radical (unpaired) electrons. The molecule has 2 rings (SSSR count). The molecule has 0 aliphatic carbocycles. The maximum absolute atomic E-state index is 12.4. The molecule has 26 heavy (non-hydrogen) atoms. The third kappa shape index (κ3) is 7.35. The monoisotopic (exact) mass is 376 g/mol. The lowest BCUT2D eigenvalue weighted by molar-refractivity contribution is -0.115. The Morgan fingerprint density at radius 1 is 1.00 bits per heavy atom. The molecule has 0 heterocycles. The van der Waals surface area contributed by atoms with Crippen LogP contribution >= 0.6 is 0 Å². The van der Waals surface area contributed by atoms with Crippen LogP contribution in [0.2, 0.25) is 0 Å². The van der Waals surface area contributed by atoms with Crippen molar-refractivity contribution >= 4 is 21.4 Å². The Morgan fingerprint density at radius 3 is 2.42 bits per heavy atom. The summed E-state index contributed by atoms with van der Waals surface area (Å²) in [5.41, 5.74) is 1.99. The van der Waals surface area contributed by atoms with Gasteiger partial charge in [0.2, 0.25) is 5.91 Å². The van der Waals surface area contributed by atoms with E-state index in [0.717, 1.165) is 5.56 Å². The molecular formula is C19H24N2O4S. The third-order valence-electron chi connectivity index (χ3n) is 3.60. The van der Waals surface area contributed by atoms with Crippen molar-refractivity contribution in [1.82, 2.24) is 5.32 Å². The van der Waals surface area contributed by atoms with Gasteiger partial charge in [0.1, 0.15) is 0 Å². The molecule has 0 bridgehead atoms. The maximum Gasteiger partial charge on any atom is 0.238 e. The van der Waals surface area contributed by atoms with Crippen LogP contribution in [-0.4, -0.2) is 41.1 Å². The zero-order valence-corrected chi connectivity index (χ0v) is 15.6. The summed E-state index contributed by atoms with van der Waals surface area (Å²) < 4.78 is 29.7. The SMILES string of the molecule is COCCNCC(=O)Nc1cccc(CS(=O)(=O)Cc2ccccc2)c1. The van der Waals surface area contributed by atoms with Crippen LogP contribution in [0.25, 0.3) is 0 Å². The molecule has 2 aromatic rings. The Bertz CT molecular complexity index is 807. The molecule has 0 aromatic heterocycles. The Balaban J connectivity index is 1.92. The van der Waals surface area contributed by atoms with Crippen molar-refractivity contribution < 1.29 is 17.9 Å². The van der Waals surface area contributed by atoms with Crippen LogP contribution in [0.4, 0.5) is 5.69 Å². The molecule has 0 atom stereocenters. The Labute approximate surface area is 154 Å². The van der Waals surface area contributed by atoms with Crippen LogP contribution in [0.5, 0.6) is 0 Å². The molecule has 2 aromatic carbocycles. The van der Waals surface area contributed by atoms with E-state index in [0.29, 0.717) is 24.4 Å². The van der Waals surface area contributed by atoms with Gasteiger partial charge in [0, 0.05) is 19.3 Å². The summed E-state index contributed by atoms with van der Waals surface area (Å²) in [7, 11) is -1.70. The number of rotatable bonds is 10. The van der Waals surface area contributed by atoms with Gasteiger partial charge in [-0.25, -0.2) is 8.42 Å². The number of hydrogen-bond donors (Lipinski definition) is 2. The molecule has 0 unspecified atom stereocenters. The minimum atomic E-state index is -3.29. The molecule has 7 heteroatoms. The second-order valence-electron chi connectivity index (χ2n) is 5.94. The van der Waals surface area contributed by atoms with E-state index < -0.39 is 9.84 Å². The fourth-order valence-corrected chi connectivity index (χ4v) is 3.94. The second kappa shape index (κ2) is 10.1. The van der Waals surface area contributed by atoms with Gasteiger partial charge in [-0.05, 0) is 23.3 Å². The Morgan fingerprint density at radius 2 is 1.69 bits per heavy atom. The molecule has 1 amide bonds. The van der Waals surface area contributed by atoms with Crippen molar-refractivity contribution in [2.45, 2.75) is 11.5 Å². The van der Waals surface area contributed by atoms with E-state index in [4.69, 9.17) is 4.74 Å². The first-order valence-electron chi connectivity index (χ1n) is 8.31. The minimum absolute atomic E-state index is 0.00610. The first-order valence-corrected chi connectivity index (χ1v) is 10.1. The first-order chi connectivity index (χ1) is 12.5. The summed E-state index contributed by atoms with van der Waals surface area (Å²) in [6.07, 6.45) is 0. The molecule has 0 saturated carbocycles. The zero-order chi connectivity index (χ0) is 18.8. The largest absolute Gasteiger partial charge is 0.383 e. The van der Waals surface area contributed by atoms with E-state index in [1.165, 1.54) is 0 Å². The lowest BCUT2D eigenvalue weighted by atomic mass is 10.2. The molecule has 6 nitrogen and oxygen atoms in total. The second-order valence-corrected chi connectivity index (χ2v) is 8.00. The van der Waals surface area contributed by atoms with Gasteiger partial charge in [0.15, 0.2) is 9.84 Å². The molecule has 0 aliphatic rings.